The number of aryl methyl sites for hydroxylation is 1. The summed E-state index contributed by atoms with van der Waals surface area (Å²) in [5, 5.41) is 8.74. The first-order valence-corrected chi connectivity index (χ1v) is 7.08. The predicted octanol–water partition coefficient (Wildman–Crippen LogP) is 2.49. The Balaban J connectivity index is 2.25. The van der Waals surface area contributed by atoms with Crippen molar-refractivity contribution in [2.45, 2.75) is 33.2 Å². The molecule has 0 saturated heterocycles. The molecule has 3 rings (SSSR count). The van der Waals surface area contributed by atoms with E-state index in [1.807, 2.05) is 4.57 Å². The molecule has 0 unspecified atom stereocenters. The lowest BCUT2D eigenvalue weighted by molar-refractivity contribution is 0.768. The van der Waals surface area contributed by atoms with Crippen molar-refractivity contribution in [2.75, 3.05) is 0 Å². The smallest absolute Gasteiger partial charge is 0.198 e. The predicted molar refractivity (Wildman–Crippen MR) is 74.0 cm³/mol. The van der Waals surface area contributed by atoms with Gasteiger partial charge in [-0.15, -0.1) is 10.2 Å². The minimum Gasteiger partial charge on any atom is -0.305 e. The Hall–Kier alpha value is -1.89. The number of imidazole rings is 1. The Labute approximate surface area is 114 Å². The topological polar surface area (TPSA) is 69.4 Å². The normalized spacial score (nSPS) is 11.6. The Morgan fingerprint density at radius 3 is 2.79 bits per heavy atom. The summed E-state index contributed by atoms with van der Waals surface area (Å²) in [7, 11) is 0. The molecule has 3 aromatic rings. The van der Waals surface area contributed by atoms with Crippen molar-refractivity contribution in [3.05, 3.63) is 17.4 Å². The number of aromatic nitrogens is 6. The Morgan fingerprint density at radius 1 is 1.32 bits per heavy atom. The largest absolute Gasteiger partial charge is 0.305 e. The van der Waals surface area contributed by atoms with E-state index < -0.39 is 0 Å². The molecule has 98 valence electrons. The third kappa shape index (κ3) is 1.99. The van der Waals surface area contributed by atoms with Crippen molar-refractivity contribution in [3.8, 4) is 10.8 Å². The second-order valence-electron chi connectivity index (χ2n) is 4.52. The van der Waals surface area contributed by atoms with Gasteiger partial charge < -0.3 is 4.57 Å². The van der Waals surface area contributed by atoms with Crippen LogP contribution in [0.15, 0.2) is 11.7 Å². The van der Waals surface area contributed by atoms with Crippen LogP contribution in [0.2, 0.25) is 0 Å². The van der Waals surface area contributed by atoms with Gasteiger partial charge in [0.15, 0.2) is 22.1 Å². The Bertz CT molecular complexity index is 700. The van der Waals surface area contributed by atoms with Gasteiger partial charge in [-0.05, 0) is 12.8 Å². The average molecular weight is 274 g/mol. The highest BCUT2D eigenvalue weighted by Crippen LogP contribution is 2.24. The van der Waals surface area contributed by atoms with Gasteiger partial charge in [-0.3, -0.25) is 0 Å². The van der Waals surface area contributed by atoms with Crippen LogP contribution in [0.3, 0.4) is 0 Å². The van der Waals surface area contributed by atoms with E-state index >= 15 is 0 Å². The van der Waals surface area contributed by atoms with Gasteiger partial charge in [0, 0.05) is 6.54 Å². The molecule has 0 aliphatic heterocycles. The summed E-state index contributed by atoms with van der Waals surface area (Å²) in [6.45, 7) is 7.05. The molecule has 0 aliphatic rings. The summed E-state index contributed by atoms with van der Waals surface area (Å²) in [6.07, 6.45) is 1.80. The summed E-state index contributed by atoms with van der Waals surface area (Å²) in [4.78, 5) is 13.6. The molecule has 0 spiro atoms. The molecule has 0 amide bonds. The van der Waals surface area contributed by atoms with Crippen LogP contribution < -0.4 is 0 Å². The fourth-order valence-corrected chi connectivity index (χ4v) is 2.47. The highest BCUT2D eigenvalue weighted by atomic mass is 32.1. The van der Waals surface area contributed by atoms with Crippen molar-refractivity contribution in [1.29, 1.82) is 0 Å². The van der Waals surface area contributed by atoms with E-state index in [0.29, 0.717) is 11.6 Å². The van der Waals surface area contributed by atoms with Crippen LogP contribution in [0.1, 0.15) is 32.4 Å². The number of hydrogen-bond donors (Lipinski definition) is 0. The molecule has 19 heavy (non-hydrogen) atoms. The first-order valence-electron chi connectivity index (χ1n) is 6.20. The molecule has 0 fully saturated rings. The van der Waals surface area contributed by atoms with Gasteiger partial charge in [0.1, 0.15) is 5.51 Å². The van der Waals surface area contributed by atoms with Gasteiger partial charge in [0.2, 0.25) is 0 Å². The van der Waals surface area contributed by atoms with E-state index in [-0.39, 0.29) is 0 Å². The van der Waals surface area contributed by atoms with E-state index in [1.54, 1.807) is 11.7 Å². The fraction of sp³-hybridized carbons (Fsp3) is 0.417. The molecule has 0 aromatic carbocycles. The minimum atomic E-state index is 0.349. The van der Waals surface area contributed by atoms with Crippen LogP contribution in [-0.4, -0.2) is 29.7 Å². The molecule has 0 atom stereocenters. The SMILES string of the molecule is CCn1c(-c2nncs2)nc2ncc(C(C)C)nc21. The summed E-state index contributed by atoms with van der Waals surface area (Å²) in [6, 6.07) is 0. The summed E-state index contributed by atoms with van der Waals surface area (Å²) in [5.74, 6) is 1.14. The van der Waals surface area contributed by atoms with Crippen LogP contribution in [0.5, 0.6) is 0 Å². The summed E-state index contributed by atoms with van der Waals surface area (Å²) >= 11 is 1.47. The molecule has 0 saturated carbocycles. The van der Waals surface area contributed by atoms with Crippen molar-refractivity contribution in [2.24, 2.45) is 0 Å². The molecular weight excluding hydrogens is 260 g/mol. The lowest BCUT2D eigenvalue weighted by atomic mass is 10.1. The number of fused-ring (bicyclic) bond motifs is 1. The zero-order chi connectivity index (χ0) is 13.4. The van der Waals surface area contributed by atoms with Gasteiger partial charge >= 0.3 is 0 Å². The maximum Gasteiger partial charge on any atom is 0.198 e. The molecule has 6 nitrogen and oxygen atoms in total. The molecule has 3 aromatic heterocycles. The lowest BCUT2D eigenvalue weighted by Crippen LogP contribution is -2.01. The summed E-state index contributed by atoms with van der Waals surface area (Å²) < 4.78 is 2.04. The standard InChI is InChI=1S/C12H14N6S/c1-4-18-10-9(13-5-8(15-10)7(2)3)16-11(18)12-17-14-6-19-12/h5-7H,4H2,1-3H3. The van der Waals surface area contributed by atoms with E-state index in [2.05, 4.69) is 45.9 Å². The van der Waals surface area contributed by atoms with Crippen LogP contribution in [0.25, 0.3) is 22.1 Å². The van der Waals surface area contributed by atoms with Crippen LogP contribution >= 0.6 is 11.3 Å². The highest BCUT2D eigenvalue weighted by Gasteiger charge is 2.17. The van der Waals surface area contributed by atoms with E-state index in [1.165, 1.54) is 11.3 Å². The third-order valence-corrected chi connectivity index (χ3v) is 3.62. The van der Waals surface area contributed by atoms with Gasteiger partial charge in [-0.2, -0.15) is 0 Å². The van der Waals surface area contributed by atoms with Crippen molar-refractivity contribution in [1.82, 2.24) is 29.7 Å². The van der Waals surface area contributed by atoms with Crippen LogP contribution in [0.4, 0.5) is 0 Å². The number of rotatable bonds is 3. The highest BCUT2D eigenvalue weighted by molar-refractivity contribution is 7.12. The average Bonchev–Trinajstić information content (AvgIpc) is 3.04. The maximum atomic E-state index is 4.67. The maximum absolute atomic E-state index is 4.67. The van der Waals surface area contributed by atoms with E-state index in [0.717, 1.165) is 28.7 Å². The van der Waals surface area contributed by atoms with E-state index in [9.17, 15) is 0 Å². The summed E-state index contributed by atoms with van der Waals surface area (Å²) in [5.41, 5.74) is 4.16. The molecule has 0 aliphatic carbocycles. The quantitative estimate of drug-likeness (QED) is 0.734. The first kappa shape index (κ1) is 12.2. The molecular formula is C12H14N6S. The molecule has 3 heterocycles. The van der Waals surface area contributed by atoms with Crippen molar-refractivity contribution in [3.63, 3.8) is 0 Å². The molecule has 0 bridgehead atoms. The molecule has 7 heteroatoms. The van der Waals surface area contributed by atoms with Crippen molar-refractivity contribution < 1.29 is 0 Å². The molecule has 0 N–H and O–H groups in total. The first-order chi connectivity index (χ1) is 9.20. The lowest BCUT2D eigenvalue weighted by Gasteiger charge is -2.05. The van der Waals surface area contributed by atoms with Crippen LogP contribution in [0, 0.1) is 0 Å². The fourth-order valence-electron chi connectivity index (χ4n) is 1.92. The van der Waals surface area contributed by atoms with Crippen molar-refractivity contribution >= 4 is 22.6 Å². The number of hydrogen-bond acceptors (Lipinski definition) is 6. The zero-order valence-electron chi connectivity index (χ0n) is 11.0. The minimum absolute atomic E-state index is 0.349. The number of nitrogens with zero attached hydrogens (tertiary/aromatic N) is 6. The van der Waals surface area contributed by atoms with Gasteiger partial charge in [0.05, 0.1) is 11.9 Å². The van der Waals surface area contributed by atoms with Gasteiger partial charge in [0.25, 0.3) is 0 Å². The zero-order valence-corrected chi connectivity index (χ0v) is 11.8. The third-order valence-electron chi connectivity index (χ3n) is 2.94. The van der Waals surface area contributed by atoms with Gasteiger partial charge in [-0.25, -0.2) is 15.0 Å². The van der Waals surface area contributed by atoms with E-state index in [4.69, 9.17) is 0 Å². The van der Waals surface area contributed by atoms with Gasteiger partial charge in [-0.1, -0.05) is 25.2 Å². The van der Waals surface area contributed by atoms with Crippen LogP contribution in [-0.2, 0) is 6.54 Å². The second-order valence-corrected chi connectivity index (χ2v) is 5.35. The Morgan fingerprint density at radius 2 is 2.16 bits per heavy atom. The molecule has 0 radical (unpaired) electrons. The Kier molecular flexibility index (Phi) is 2.98. The second kappa shape index (κ2) is 4.65. The monoisotopic (exact) mass is 274 g/mol.